The third kappa shape index (κ3) is 7.08. The number of nitrogens with one attached hydrogen (secondary N) is 1. The fraction of sp³-hybridized carbons (Fsp3) is 0.440. The lowest BCUT2D eigenvalue weighted by Gasteiger charge is -2.28. The fourth-order valence-corrected chi connectivity index (χ4v) is 5.17. The van der Waals surface area contributed by atoms with Crippen LogP contribution in [-0.2, 0) is 14.4 Å². The Kier molecular flexibility index (Phi) is 10.6. The number of benzene rings is 1. The van der Waals surface area contributed by atoms with Crippen LogP contribution in [0.15, 0.2) is 41.9 Å². The van der Waals surface area contributed by atoms with Crippen molar-refractivity contribution in [1.29, 1.82) is 0 Å². The van der Waals surface area contributed by atoms with E-state index in [-0.39, 0.29) is 5.91 Å². The molecule has 38 heavy (non-hydrogen) atoms. The number of carbonyl (C=O) groups excluding carboxylic acids is 3. The van der Waals surface area contributed by atoms with Crippen LogP contribution in [0.5, 0.6) is 0 Å². The topological polar surface area (TPSA) is 152 Å². The van der Waals surface area contributed by atoms with E-state index in [0.29, 0.717) is 30.2 Å². The van der Waals surface area contributed by atoms with E-state index >= 15 is 0 Å². The normalized spacial score (nSPS) is 17.8. The van der Waals surface area contributed by atoms with Crippen LogP contribution in [0.25, 0.3) is 0 Å². The number of thiazole rings is 1. The molecule has 1 aromatic carbocycles. The largest absolute Gasteiger partial charge is 0.380 e. The number of carbonyl (C=O) groups is 3. The molecule has 1 fully saturated rings. The Balaban J connectivity index is 1.62. The molecule has 1 aliphatic rings. The lowest BCUT2D eigenvalue weighted by Crippen LogP contribution is -2.51. The van der Waals surface area contributed by atoms with Gasteiger partial charge in [0.1, 0.15) is 0 Å². The van der Waals surface area contributed by atoms with Crippen LogP contribution in [0.3, 0.4) is 0 Å². The van der Waals surface area contributed by atoms with Crippen molar-refractivity contribution in [3.05, 3.63) is 53.2 Å². The molecular weight excluding hydrogens is 623 g/mol. The van der Waals surface area contributed by atoms with Crippen LogP contribution in [0.2, 0.25) is 0 Å². The number of hydrogen-bond donors (Lipinski definition) is 4. The van der Waals surface area contributed by atoms with Gasteiger partial charge >= 0.3 is 0 Å². The quantitative estimate of drug-likeness (QED) is 0.131. The molecule has 1 aliphatic heterocycles. The van der Waals surface area contributed by atoms with Crippen molar-refractivity contribution in [2.24, 2.45) is 5.84 Å². The fourth-order valence-electron chi connectivity index (χ4n) is 4.06. The van der Waals surface area contributed by atoms with E-state index in [9.17, 15) is 24.6 Å². The number of aliphatic hydroxyl groups excluding tert-OH is 2. The number of allylic oxidation sites excluding steroid dienone is 1. The molecule has 2 aromatic rings. The van der Waals surface area contributed by atoms with Gasteiger partial charge in [-0.1, -0.05) is 40.8 Å². The molecule has 2 heterocycles. The predicted octanol–water partition coefficient (Wildman–Crippen LogP) is 2.02. The Morgan fingerprint density at radius 1 is 1.29 bits per heavy atom. The number of hydrazine groups is 1. The molecule has 11 nitrogen and oxygen atoms in total. The summed E-state index contributed by atoms with van der Waals surface area (Å²) < 4.78 is 0.826. The molecule has 0 aliphatic carbocycles. The molecule has 0 spiro atoms. The zero-order chi connectivity index (χ0) is 28.0. The number of amides is 3. The molecule has 0 unspecified atom stereocenters. The van der Waals surface area contributed by atoms with E-state index in [1.54, 1.807) is 49.8 Å². The van der Waals surface area contributed by atoms with Gasteiger partial charge in [-0.2, -0.15) is 0 Å². The lowest BCUT2D eigenvalue weighted by molar-refractivity contribution is -0.154. The average Bonchev–Trinajstić information content (AvgIpc) is 3.60. The highest BCUT2D eigenvalue weighted by molar-refractivity contribution is 14.1. The maximum absolute atomic E-state index is 13.1. The smallest absolute Gasteiger partial charge is 0.255 e. The van der Waals surface area contributed by atoms with Crippen LogP contribution in [0, 0.1) is 0 Å². The van der Waals surface area contributed by atoms with Gasteiger partial charge in [0.2, 0.25) is 5.91 Å². The maximum atomic E-state index is 13.1. The van der Waals surface area contributed by atoms with Gasteiger partial charge in [0.05, 0.1) is 23.5 Å². The summed E-state index contributed by atoms with van der Waals surface area (Å²) >= 11 is 3.50. The van der Waals surface area contributed by atoms with Crippen LogP contribution in [0.1, 0.15) is 50.0 Å². The minimum atomic E-state index is -1.95. The summed E-state index contributed by atoms with van der Waals surface area (Å²) in [7, 11) is 1.62. The number of aliphatic hydroxyl groups is 2. The van der Waals surface area contributed by atoms with Gasteiger partial charge in [-0.25, -0.2) is 10.8 Å². The van der Waals surface area contributed by atoms with Gasteiger partial charge in [0, 0.05) is 36.5 Å². The highest BCUT2D eigenvalue weighted by Gasteiger charge is 2.39. The summed E-state index contributed by atoms with van der Waals surface area (Å²) in [5.41, 5.74) is 2.12. The van der Waals surface area contributed by atoms with E-state index in [1.165, 1.54) is 33.1 Å². The molecule has 4 atom stereocenters. The van der Waals surface area contributed by atoms with Gasteiger partial charge in [0.25, 0.3) is 11.8 Å². The summed E-state index contributed by atoms with van der Waals surface area (Å²) in [6.45, 7) is 3.53. The number of hydrogen-bond acceptors (Lipinski definition) is 9. The molecule has 1 aromatic heterocycles. The number of alkyl halides is 1. The molecule has 5 N–H and O–H groups in total. The maximum Gasteiger partial charge on any atom is 0.255 e. The predicted molar refractivity (Wildman–Crippen MR) is 155 cm³/mol. The molecule has 3 rings (SSSR count). The monoisotopic (exact) mass is 656 g/mol. The highest BCUT2D eigenvalue weighted by atomic mass is 127. The lowest BCUT2D eigenvalue weighted by atomic mass is 10.1. The second-order valence-electron chi connectivity index (χ2n) is 8.98. The van der Waals surface area contributed by atoms with Crippen LogP contribution in [0.4, 0.5) is 10.8 Å². The van der Waals surface area contributed by atoms with Gasteiger partial charge in [-0.05, 0) is 37.5 Å². The minimum absolute atomic E-state index is 0.162. The Morgan fingerprint density at radius 2 is 1.97 bits per heavy atom. The van der Waals surface area contributed by atoms with Crippen LogP contribution >= 0.6 is 33.9 Å². The number of nitrogens with two attached hydrogens (primary N) is 1. The number of halogens is 1. The van der Waals surface area contributed by atoms with Crippen molar-refractivity contribution >= 4 is 62.5 Å². The van der Waals surface area contributed by atoms with Gasteiger partial charge in [-0.3, -0.25) is 24.3 Å². The van der Waals surface area contributed by atoms with E-state index in [4.69, 9.17) is 5.84 Å². The number of anilines is 2. The Bertz CT molecular complexity index is 1160. The van der Waals surface area contributed by atoms with E-state index in [1.807, 2.05) is 6.08 Å². The Morgan fingerprint density at radius 3 is 2.61 bits per heavy atom. The van der Waals surface area contributed by atoms with E-state index in [0.717, 1.165) is 15.7 Å². The molecule has 13 heteroatoms. The SMILES string of the molecule is CC(=O)N(C)c1nc([C@H]2CCCN2C(=O)[C@H](O)[C@@H](O)C(=O)N[C@H](C)c2ccc(N(N)/C=C\CI)cc2)cs1. The van der Waals surface area contributed by atoms with Crippen molar-refractivity contribution in [2.45, 2.75) is 51.0 Å². The summed E-state index contributed by atoms with van der Waals surface area (Å²) in [4.78, 5) is 44.7. The van der Waals surface area contributed by atoms with Crippen LogP contribution in [-0.4, -0.2) is 68.0 Å². The summed E-state index contributed by atoms with van der Waals surface area (Å²) in [5.74, 6) is 4.21. The molecule has 3 amide bonds. The van der Waals surface area contributed by atoms with E-state index < -0.39 is 36.1 Å². The Labute approximate surface area is 239 Å². The first-order valence-corrected chi connectivity index (χ1v) is 14.5. The van der Waals surface area contributed by atoms with Crippen molar-refractivity contribution in [3.63, 3.8) is 0 Å². The van der Waals surface area contributed by atoms with Gasteiger partial charge in [0.15, 0.2) is 17.3 Å². The van der Waals surface area contributed by atoms with Crippen LogP contribution < -0.4 is 21.1 Å². The standard InChI is InChI=1S/C25H33IN6O5S/c1-15(17-7-9-18(10-8-17)32(27)13-5-11-26)28-23(36)21(34)22(35)24(37)31-12-4-6-20(31)19-14-38-25(29-19)30(3)16(2)33/h5,7-10,13-15,20-22,34-35H,4,6,11-12,27H2,1-3H3,(H,28,36)/b13-5-/t15-,20-,21-,22-/m1/s1. The second-order valence-corrected chi connectivity index (χ2v) is 10.7. The van der Waals surface area contributed by atoms with Crippen molar-refractivity contribution < 1.29 is 24.6 Å². The van der Waals surface area contributed by atoms with Gasteiger partial charge < -0.3 is 20.4 Å². The van der Waals surface area contributed by atoms with Crippen molar-refractivity contribution in [3.8, 4) is 0 Å². The molecule has 0 saturated carbocycles. The third-order valence-electron chi connectivity index (χ3n) is 6.37. The van der Waals surface area contributed by atoms with E-state index in [2.05, 4.69) is 32.9 Å². The number of likely N-dealkylation sites (tertiary alicyclic amines) is 1. The second kappa shape index (κ2) is 13.5. The minimum Gasteiger partial charge on any atom is -0.380 e. The molecule has 206 valence electrons. The first kappa shape index (κ1) is 30.0. The first-order chi connectivity index (χ1) is 18.0. The average molecular weight is 657 g/mol. The van der Waals surface area contributed by atoms with Gasteiger partial charge in [-0.15, -0.1) is 11.3 Å². The molecule has 0 bridgehead atoms. The summed E-state index contributed by atoms with van der Waals surface area (Å²) in [5, 5.41) is 27.5. The van der Waals surface area contributed by atoms with Crippen molar-refractivity contribution in [2.75, 3.05) is 27.9 Å². The Hall–Kier alpha value is -2.59. The summed E-state index contributed by atoms with van der Waals surface area (Å²) in [6, 6.07) is 6.30. The zero-order valence-corrected chi connectivity index (χ0v) is 24.4. The number of nitrogens with zero attached hydrogens (tertiary/aromatic N) is 4. The zero-order valence-electron chi connectivity index (χ0n) is 21.5. The van der Waals surface area contributed by atoms with Crippen molar-refractivity contribution in [1.82, 2.24) is 15.2 Å². The first-order valence-electron chi connectivity index (χ1n) is 12.1. The molecule has 1 saturated heterocycles. The summed E-state index contributed by atoms with van der Waals surface area (Å²) in [6.07, 6.45) is 1.09. The third-order valence-corrected chi connectivity index (χ3v) is 7.82. The number of rotatable bonds is 10. The molecular formula is C25H33IN6O5S. The highest BCUT2D eigenvalue weighted by Crippen LogP contribution is 2.35. The molecule has 0 radical (unpaired) electrons. The number of aromatic nitrogens is 1.